The SMILES string of the molecule is CC=CCn1c2ccccc2n2c(=O)c3cc(C)ccc3nc12. The van der Waals surface area contributed by atoms with Crippen LogP contribution < -0.4 is 5.56 Å². The Kier molecular flexibility index (Phi) is 3.05. The highest BCUT2D eigenvalue weighted by atomic mass is 16.1. The van der Waals surface area contributed by atoms with Gasteiger partial charge < -0.3 is 4.57 Å². The lowest BCUT2D eigenvalue weighted by Gasteiger charge is -2.04. The van der Waals surface area contributed by atoms with Crippen molar-refractivity contribution in [3.63, 3.8) is 0 Å². The molecule has 0 N–H and O–H groups in total. The first-order valence-electron chi connectivity index (χ1n) is 7.72. The van der Waals surface area contributed by atoms with E-state index in [-0.39, 0.29) is 5.56 Å². The van der Waals surface area contributed by atoms with E-state index in [9.17, 15) is 4.79 Å². The number of nitrogens with zero attached hydrogens (tertiary/aromatic N) is 3. The molecule has 0 aliphatic heterocycles. The number of aromatic nitrogens is 3. The number of para-hydroxylation sites is 2. The van der Waals surface area contributed by atoms with Gasteiger partial charge in [0.1, 0.15) is 0 Å². The van der Waals surface area contributed by atoms with Crippen molar-refractivity contribution in [1.29, 1.82) is 0 Å². The zero-order chi connectivity index (χ0) is 16.0. The molecule has 0 amide bonds. The van der Waals surface area contributed by atoms with Crippen LogP contribution in [-0.2, 0) is 6.54 Å². The molecule has 0 fully saturated rings. The van der Waals surface area contributed by atoms with Gasteiger partial charge in [-0.2, -0.15) is 0 Å². The summed E-state index contributed by atoms with van der Waals surface area (Å²) in [5.41, 5.74) is 3.71. The van der Waals surface area contributed by atoms with Gasteiger partial charge in [-0.25, -0.2) is 9.38 Å². The van der Waals surface area contributed by atoms with Crippen molar-refractivity contribution in [2.45, 2.75) is 20.4 Å². The fourth-order valence-corrected chi connectivity index (χ4v) is 3.07. The Bertz CT molecular complexity index is 1130. The predicted molar refractivity (Wildman–Crippen MR) is 94.0 cm³/mol. The van der Waals surface area contributed by atoms with Crippen LogP contribution in [0.1, 0.15) is 12.5 Å². The fraction of sp³-hybridized carbons (Fsp3) is 0.158. The van der Waals surface area contributed by atoms with Crippen molar-refractivity contribution in [2.24, 2.45) is 0 Å². The highest BCUT2D eigenvalue weighted by Gasteiger charge is 2.14. The molecule has 0 radical (unpaired) electrons. The van der Waals surface area contributed by atoms with Crippen LogP contribution in [0.15, 0.2) is 59.4 Å². The molecule has 4 nitrogen and oxygen atoms in total. The maximum Gasteiger partial charge on any atom is 0.267 e. The second kappa shape index (κ2) is 5.09. The van der Waals surface area contributed by atoms with Gasteiger partial charge in [0.25, 0.3) is 5.56 Å². The van der Waals surface area contributed by atoms with E-state index in [1.807, 2.05) is 62.4 Å². The van der Waals surface area contributed by atoms with Gasteiger partial charge in [0.15, 0.2) is 0 Å². The van der Waals surface area contributed by atoms with Gasteiger partial charge in [-0.15, -0.1) is 0 Å². The molecule has 0 saturated carbocycles. The first kappa shape index (κ1) is 13.8. The van der Waals surface area contributed by atoms with E-state index in [1.165, 1.54) is 0 Å². The van der Waals surface area contributed by atoms with E-state index in [4.69, 9.17) is 4.98 Å². The first-order valence-corrected chi connectivity index (χ1v) is 7.72. The third-order valence-electron chi connectivity index (χ3n) is 4.18. The molecule has 0 atom stereocenters. The van der Waals surface area contributed by atoms with Crippen molar-refractivity contribution >= 4 is 27.7 Å². The number of allylic oxidation sites excluding steroid dienone is 2. The van der Waals surface area contributed by atoms with Gasteiger partial charge in [0.05, 0.1) is 21.9 Å². The Labute approximate surface area is 133 Å². The molecule has 4 aromatic rings. The molecule has 23 heavy (non-hydrogen) atoms. The van der Waals surface area contributed by atoms with Crippen molar-refractivity contribution in [3.8, 4) is 0 Å². The maximum absolute atomic E-state index is 13.0. The number of rotatable bonds is 2. The Morgan fingerprint density at radius 2 is 1.91 bits per heavy atom. The van der Waals surface area contributed by atoms with E-state index >= 15 is 0 Å². The van der Waals surface area contributed by atoms with Crippen LogP contribution in [0.3, 0.4) is 0 Å². The van der Waals surface area contributed by atoms with Crippen LogP contribution >= 0.6 is 0 Å². The smallest absolute Gasteiger partial charge is 0.267 e. The number of aryl methyl sites for hydroxylation is 1. The summed E-state index contributed by atoms with van der Waals surface area (Å²) in [6.45, 7) is 4.67. The lowest BCUT2D eigenvalue weighted by Crippen LogP contribution is -2.15. The van der Waals surface area contributed by atoms with Crippen LogP contribution in [0.4, 0.5) is 0 Å². The van der Waals surface area contributed by atoms with Crippen molar-refractivity contribution < 1.29 is 0 Å². The molecule has 2 aromatic carbocycles. The van der Waals surface area contributed by atoms with Gasteiger partial charge >= 0.3 is 0 Å². The molecule has 0 spiro atoms. The molecule has 114 valence electrons. The highest BCUT2D eigenvalue weighted by molar-refractivity contribution is 5.86. The van der Waals surface area contributed by atoms with E-state index < -0.39 is 0 Å². The van der Waals surface area contributed by atoms with Gasteiger partial charge in [-0.1, -0.05) is 35.9 Å². The third-order valence-corrected chi connectivity index (χ3v) is 4.18. The number of benzene rings is 2. The maximum atomic E-state index is 13.0. The minimum absolute atomic E-state index is 0.0101. The molecular formula is C19H17N3O. The van der Waals surface area contributed by atoms with E-state index in [0.717, 1.165) is 22.1 Å². The summed E-state index contributed by atoms with van der Waals surface area (Å²) in [5.74, 6) is 0.686. The topological polar surface area (TPSA) is 39.3 Å². The van der Waals surface area contributed by atoms with Gasteiger partial charge in [0.2, 0.25) is 5.78 Å². The number of hydrogen-bond acceptors (Lipinski definition) is 2. The molecule has 0 aliphatic carbocycles. The molecule has 0 unspecified atom stereocenters. The number of hydrogen-bond donors (Lipinski definition) is 0. The van der Waals surface area contributed by atoms with Crippen molar-refractivity contribution in [1.82, 2.24) is 14.0 Å². The lowest BCUT2D eigenvalue weighted by molar-refractivity contribution is 0.861. The van der Waals surface area contributed by atoms with Crippen LogP contribution in [0.5, 0.6) is 0 Å². The Hall–Kier alpha value is -2.88. The first-order chi connectivity index (χ1) is 11.2. The minimum Gasteiger partial charge on any atom is -0.306 e. The largest absolute Gasteiger partial charge is 0.306 e. The standard InChI is InChI=1S/C19H17N3O/c1-3-4-11-21-16-7-5-6-8-17(16)22-18(23)14-12-13(2)9-10-15(14)20-19(21)22/h3-10,12H,11H2,1-2H3. The Morgan fingerprint density at radius 3 is 2.70 bits per heavy atom. The predicted octanol–water partition coefficient (Wildman–Crippen LogP) is 3.69. The summed E-state index contributed by atoms with van der Waals surface area (Å²) in [7, 11) is 0. The Morgan fingerprint density at radius 1 is 1.13 bits per heavy atom. The molecule has 2 heterocycles. The number of imidazole rings is 1. The van der Waals surface area contributed by atoms with Crippen molar-refractivity contribution in [2.75, 3.05) is 0 Å². The summed E-state index contributed by atoms with van der Waals surface area (Å²) in [6, 6.07) is 13.8. The molecule has 0 aliphatic rings. The average molecular weight is 303 g/mol. The molecular weight excluding hydrogens is 286 g/mol. The van der Waals surface area contributed by atoms with E-state index in [1.54, 1.807) is 4.40 Å². The second-order valence-electron chi connectivity index (χ2n) is 5.74. The minimum atomic E-state index is -0.0101. The quantitative estimate of drug-likeness (QED) is 0.530. The molecule has 4 rings (SSSR count). The normalized spacial score (nSPS) is 12.1. The fourth-order valence-electron chi connectivity index (χ4n) is 3.07. The Balaban J connectivity index is 2.25. The van der Waals surface area contributed by atoms with Crippen LogP contribution in [-0.4, -0.2) is 14.0 Å². The van der Waals surface area contributed by atoms with Crippen LogP contribution in [0, 0.1) is 6.92 Å². The molecule has 4 heteroatoms. The summed E-state index contributed by atoms with van der Waals surface area (Å²) in [6.07, 6.45) is 4.08. The average Bonchev–Trinajstić information content (AvgIpc) is 2.87. The van der Waals surface area contributed by atoms with Gasteiger partial charge in [-0.3, -0.25) is 4.79 Å². The van der Waals surface area contributed by atoms with Crippen molar-refractivity contribution in [3.05, 3.63) is 70.5 Å². The van der Waals surface area contributed by atoms with E-state index in [0.29, 0.717) is 17.7 Å². The molecule has 2 aromatic heterocycles. The molecule has 0 bridgehead atoms. The zero-order valence-corrected chi connectivity index (χ0v) is 13.2. The molecule has 0 saturated heterocycles. The van der Waals surface area contributed by atoms with Crippen LogP contribution in [0.2, 0.25) is 0 Å². The second-order valence-corrected chi connectivity index (χ2v) is 5.74. The highest BCUT2D eigenvalue weighted by Crippen LogP contribution is 2.20. The summed E-state index contributed by atoms with van der Waals surface area (Å²) in [5, 5.41) is 0.663. The number of fused-ring (bicyclic) bond motifs is 4. The zero-order valence-electron chi connectivity index (χ0n) is 13.2. The van der Waals surface area contributed by atoms with Crippen LogP contribution in [0.25, 0.3) is 27.7 Å². The van der Waals surface area contributed by atoms with Gasteiger partial charge in [-0.05, 0) is 38.1 Å². The monoisotopic (exact) mass is 303 g/mol. The van der Waals surface area contributed by atoms with E-state index in [2.05, 4.69) is 10.6 Å². The summed E-state index contributed by atoms with van der Waals surface area (Å²) >= 11 is 0. The summed E-state index contributed by atoms with van der Waals surface area (Å²) in [4.78, 5) is 17.8. The van der Waals surface area contributed by atoms with Gasteiger partial charge in [0, 0.05) is 6.54 Å². The lowest BCUT2D eigenvalue weighted by atomic mass is 10.2. The summed E-state index contributed by atoms with van der Waals surface area (Å²) < 4.78 is 3.80. The third kappa shape index (κ3) is 1.99.